The highest BCUT2D eigenvalue weighted by Gasteiger charge is 2.25. The zero-order chi connectivity index (χ0) is 15.9. The van der Waals surface area contributed by atoms with Crippen molar-refractivity contribution in [3.63, 3.8) is 0 Å². The van der Waals surface area contributed by atoms with Gasteiger partial charge >= 0.3 is 6.03 Å². The molecule has 0 bridgehead atoms. The lowest BCUT2D eigenvalue weighted by atomic mass is 9.99. The van der Waals surface area contributed by atoms with Crippen LogP contribution in [0.5, 0.6) is 0 Å². The Balaban J connectivity index is 1.41. The van der Waals surface area contributed by atoms with Crippen LogP contribution < -0.4 is 5.32 Å². The van der Waals surface area contributed by atoms with Crippen molar-refractivity contribution >= 4 is 6.03 Å². The third kappa shape index (κ3) is 4.52. The zero-order valence-electron chi connectivity index (χ0n) is 13.2. The molecule has 1 unspecified atom stereocenters. The molecule has 1 aliphatic heterocycles. The lowest BCUT2D eigenvalue weighted by molar-refractivity contribution is 0.207. The number of hydrogen-bond acceptors (Lipinski definition) is 3. The van der Waals surface area contributed by atoms with Crippen LogP contribution in [0.25, 0.3) is 0 Å². The number of likely N-dealkylation sites (tertiary alicyclic amines) is 1. The number of amides is 2. The lowest BCUT2D eigenvalue weighted by Gasteiger charge is -2.17. The highest BCUT2D eigenvalue weighted by atomic mass is 16.2. The number of rotatable bonds is 5. The largest absolute Gasteiger partial charge is 0.338 e. The second kappa shape index (κ2) is 7.72. The molecule has 2 heterocycles. The van der Waals surface area contributed by atoms with Crippen molar-refractivity contribution in [3.05, 3.63) is 60.2 Å². The number of aromatic nitrogens is 2. The second-order valence-corrected chi connectivity index (χ2v) is 5.97. The van der Waals surface area contributed by atoms with Gasteiger partial charge < -0.3 is 10.2 Å². The first kappa shape index (κ1) is 15.5. The number of nitrogens with zero attached hydrogens (tertiary/aromatic N) is 3. The van der Waals surface area contributed by atoms with Gasteiger partial charge in [-0.3, -0.25) is 9.97 Å². The Morgan fingerprint density at radius 3 is 2.91 bits per heavy atom. The van der Waals surface area contributed by atoms with Crippen molar-refractivity contribution in [1.29, 1.82) is 0 Å². The van der Waals surface area contributed by atoms with E-state index in [-0.39, 0.29) is 6.03 Å². The molecule has 5 nitrogen and oxygen atoms in total. The van der Waals surface area contributed by atoms with Crippen LogP contribution in [0.2, 0.25) is 0 Å². The van der Waals surface area contributed by atoms with Crippen LogP contribution in [0.3, 0.4) is 0 Å². The number of nitrogens with one attached hydrogen (secondary N) is 1. The Hall–Kier alpha value is -2.43. The van der Waals surface area contributed by atoms with Crippen LogP contribution in [0.1, 0.15) is 17.7 Å². The molecule has 3 rings (SSSR count). The van der Waals surface area contributed by atoms with Gasteiger partial charge in [0.2, 0.25) is 0 Å². The highest BCUT2D eigenvalue weighted by Crippen LogP contribution is 2.20. The summed E-state index contributed by atoms with van der Waals surface area (Å²) in [7, 11) is 0. The molecule has 1 N–H and O–H groups in total. The lowest BCUT2D eigenvalue weighted by Crippen LogP contribution is -2.39. The van der Waals surface area contributed by atoms with Crippen molar-refractivity contribution in [2.24, 2.45) is 5.92 Å². The maximum Gasteiger partial charge on any atom is 0.317 e. The van der Waals surface area contributed by atoms with E-state index in [1.54, 1.807) is 18.6 Å². The minimum atomic E-state index is 0.0319. The fraction of sp³-hybridized carbons (Fsp3) is 0.389. The molecule has 1 atom stereocenters. The van der Waals surface area contributed by atoms with Crippen LogP contribution in [0.15, 0.2) is 48.9 Å². The van der Waals surface area contributed by atoms with Gasteiger partial charge in [-0.25, -0.2) is 4.79 Å². The van der Waals surface area contributed by atoms with Gasteiger partial charge in [0.1, 0.15) is 0 Å². The molecule has 23 heavy (non-hydrogen) atoms. The van der Waals surface area contributed by atoms with Gasteiger partial charge in [-0.05, 0) is 24.3 Å². The van der Waals surface area contributed by atoms with Crippen molar-refractivity contribution in [2.75, 3.05) is 19.6 Å². The van der Waals surface area contributed by atoms with E-state index in [9.17, 15) is 4.79 Å². The summed E-state index contributed by atoms with van der Waals surface area (Å²) < 4.78 is 0. The van der Waals surface area contributed by atoms with Gasteiger partial charge in [0.15, 0.2) is 0 Å². The zero-order valence-corrected chi connectivity index (χ0v) is 13.2. The molecular weight excluding hydrogens is 288 g/mol. The maximum atomic E-state index is 12.2. The Morgan fingerprint density at radius 2 is 2.13 bits per heavy atom. The molecular formula is C18H22N4O. The van der Waals surface area contributed by atoms with Gasteiger partial charge in [-0.2, -0.15) is 0 Å². The number of hydrogen-bond donors (Lipinski definition) is 1. The van der Waals surface area contributed by atoms with Gasteiger partial charge in [0, 0.05) is 44.6 Å². The van der Waals surface area contributed by atoms with Gasteiger partial charge in [0.25, 0.3) is 0 Å². The van der Waals surface area contributed by atoms with Crippen LogP contribution >= 0.6 is 0 Å². The van der Waals surface area contributed by atoms with Crippen molar-refractivity contribution in [3.8, 4) is 0 Å². The first-order valence-electron chi connectivity index (χ1n) is 8.13. The second-order valence-electron chi connectivity index (χ2n) is 5.97. The number of carbonyl (C=O) groups is 1. The molecule has 1 aromatic heterocycles. The summed E-state index contributed by atoms with van der Waals surface area (Å²) in [5.41, 5.74) is 2.25. The molecule has 1 fully saturated rings. The molecule has 5 heteroatoms. The minimum Gasteiger partial charge on any atom is -0.338 e. The monoisotopic (exact) mass is 310 g/mol. The Kier molecular flexibility index (Phi) is 5.19. The quantitative estimate of drug-likeness (QED) is 0.922. The Morgan fingerprint density at radius 1 is 1.26 bits per heavy atom. The third-order valence-corrected chi connectivity index (χ3v) is 4.21. The van der Waals surface area contributed by atoms with E-state index in [4.69, 9.17) is 0 Å². The molecule has 0 radical (unpaired) electrons. The molecule has 0 saturated carbocycles. The molecule has 1 saturated heterocycles. The third-order valence-electron chi connectivity index (χ3n) is 4.21. The average Bonchev–Trinajstić information content (AvgIpc) is 3.05. The topological polar surface area (TPSA) is 58.1 Å². The number of carbonyl (C=O) groups excluding carboxylic acids is 1. The smallest absolute Gasteiger partial charge is 0.317 e. The molecule has 120 valence electrons. The summed E-state index contributed by atoms with van der Waals surface area (Å²) in [4.78, 5) is 22.4. The summed E-state index contributed by atoms with van der Waals surface area (Å²) in [5.74, 6) is 0.558. The summed E-state index contributed by atoms with van der Waals surface area (Å²) in [6.45, 7) is 2.28. The van der Waals surface area contributed by atoms with E-state index in [1.807, 2.05) is 11.0 Å². The van der Waals surface area contributed by atoms with E-state index in [0.717, 1.165) is 31.6 Å². The standard InChI is InChI=1S/C18H22N4O/c23-18(21-8-6-17-13-19-9-10-20-17)22-11-7-16(14-22)12-15-4-2-1-3-5-15/h1-5,9-10,13,16H,6-8,11-12,14H2,(H,21,23). The summed E-state index contributed by atoms with van der Waals surface area (Å²) >= 11 is 0. The Labute approximate surface area is 136 Å². The van der Waals surface area contributed by atoms with Gasteiger partial charge in [-0.15, -0.1) is 0 Å². The number of urea groups is 1. The van der Waals surface area contributed by atoms with Crippen LogP contribution in [0, 0.1) is 5.92 Å². The van der Waals surface area contributed by atoms with Crippen molar-refractivity contribution in [2.45, 2.75) is 19.3 Å². The van der Waals surface area contributed by atoms with E-state index in [0.29, 0.717) is 18.9 Å². The van der Waals surface area contributed by atoms with Gasteiger partial charge in [0.05, 0.1) is 5.69 Å². The van der Waals surface area contributed by atoms with E-state index >= 15 is 0 Å². The first-order valence-corrected chi connectivity index (χ1v) is 8.13. The van der Waals surface area contributed by atoms with E-state index in [2.05, 4.69) is 39.6 Å². The molecule has 0 spiro atoms. The fourth-order valence-corrected chi connectivity index (χ4v) is 3.00. The normalized spacial score (nSPS) is 17.2. The molecule has 2 amide bonds. The van der Waals surface area contributed by atoms with Crippen LogP contribution in [0.4, 0.5) is 4.79 Å². The van der Waals surface area contributed by atoms with E-state index in [1.165, 1.54) is 5.56 Å². The maximum absolute atomic E-state index is 12.2. The van der Waals surface area contributed by atoms with Crippen molar-refractivity contribution in [1.82, 2.24) is 20.2 Å². The highest BCUT2D eigenvalue weighted by molar-refractivity contribution is 5.74. The predicted octanol–water partition coefficient (Wildman–Crippen LogP) is 2.29. The minimum absolute atomic E-state index is 0.0319. The first-order chi connectivity index (χ1) is 11.3. The average molecular weight is 310 g/mol. The Bertz CT molecular complexity index is 617. The molecule has 1 aliphatic rings. The summed E-state index contributed by atoms with van der Waals surface area (Å²) in [6, 6.07) is 10.5. The van der Waals surface area contributed by atoms with Crippen LogP contribution in [-0.2, 0) is 12.8 Å². The fourth-order valence-electron chi connectivity index (χ4n) is 3.00. The molecule has 1 aromatic carbocycles. The SMILES string of the molecule is O=C(NCCc1cnccn1)N1CCC(Cc2ccccc2)C1. The van der Waals surface area contributed by atoms with Gasteiger partial charge in [-0.1, -0.05) is 30.3 Å². The summed E-state index contributed by atoms with van der Waals surface area (Å²) in [5, 5.41) is 2.98. The van der Waals surface area contributed by atoms with E-state index < -0.39 is 0 Å². The van der Waals surface area contributed by atoms with Crippen LogP contribution in [-0.4, -0.2) is 40.5 Å². The van der Waals surface area contributed by atoms with Crippen molar-refractivity contribution < 1.29 is 4.79 Å². The molecule has 2 aromatic rings. The molecule has 0 aliphatic carbocycles. The number of benzene rings is 1. The predicted molar refractivity (Wildman–Crippen MR) is 89.0 cm³/mol. The summed E-state index contributed by atoms with van der Waals surface area (Å²) in [6.07, 6.45) is 7.89.